The number of hydrogen-bond acceptors (Lipinski definition) is 4. The second kappa shape index (κ2) is 8.40. The van der Waals surface area contributed by atoms with E-state index in [0.717, 1.165) is 31.6 Å². The molecule has 1 aliphatic heterocycles. The molecule has 0 bridgehead atoms. The van der Waals surface area contributed by atoms with Crippen molar-refractivity contribution in [1.82, 2.24) is 9.88 Å². The maximum atomic E-state index is 13.8. The SMILES string of the molecule is CCN(CC1CCCO1)C(=O)CCc1ncc(-c2ccc(F)cc2F)o1. The summed E-state index contributed by atoms with van der Waals surface area (Å²) in [7, 11) is 0. The minimum Gasteiger partial charge on any atom is -0.441 e. The molecule has 1 amide bonds. The Morgan fingerprint density at radius 2 is 2.23 bits per heavy atom. The van der Waals surface area contributed by atoms with Gasteiger partial charge in [-0.15, -0.1) is 0 Å². The fourth-order valence-corrected chi connectivity index (χ4v) is 3.05. The van der Waals surface area contributed by atoms with Gasteiger partial charge in [0.05, 0.1) is 17.9 Å². The van der Waals surface area contributed by atoms with Gasteiger partial charge in [0.1, 0.15) is 11.6 Å². The van der Waals surface area contributed by atoms with E-state index in [2.05, 4.69) is 4.98 Å². The second-order valence-electron chi connectivity index (χ2n) is 6.31. The van der Waals surface area contributed by atoms with Crippen molar-refractivity contribution in [2.75, 3.05) is 19.7 Å². The number of oxazole rings is 1. The Labute approximate surface area is 151 Å². The van der Waals surface area contributed by atoms with Gasteiger partial charge in [-0.3, -0.25) is 4.79 Å². The number of nitrogens with zero attached hydrogens (tertiary/aromatic N) is 2. The maximum absolute atomic E-state index is 13.8. The topological polar surface area (TPSA) is 55.6 Å². The van der Waals surface area contributed by atoms with Crippen LogP contribution in [-0.4, -0.2) is 41.6 Å². The van der Waals surface area contributed by atoms with E-state index in [0.29, 0.717) is 25.4 Å². The molecular weight excluding hydrogens is 342 g/mol. The molecule has 1 atom stereocenters. The van der Waals surface area contributed by atoms with Crippen LogP contribution in [0.3, 0.4) is 0 Å². The van der Waals surface area contributed by atoms with Crippen LogP contribution in [0.2, 0.25) is 0 Å². The fourth-order valence-electron chi connectivity index (χ4n) is 3.05. The lowest BCUT2D eigenvalue weighted by molar-refractivity contribution is -0.132. The summed E-state index contributed by atoms with van der Waals surface area (Å²) in [6, 6.07) is 3.26. The number of carbonyl (C=O) groups is 1. The van der Waals surface area contributed by atoms with Gasteiger partial charge in [-0.2, -0.15) is 0 Å². The summed E-state index contributed by atoms with van der Waals surface area (Å²) in [6.07, 6.45) is 4.11. The first kappa shape index (κ1) is 18.5. The fraction of sp³-hybridized carbons (Fsp3) is 0.474. The number of rotatable bonds is 7. The predicted molar refractivity (Wildman–Crippen MR) is 91.4 cm³/mol. The highest BCUT2D eigenvalue weighted by Crippen LogP contribution is 2.24. The van der Waals surface area contributed by atoms with E-state index in [1.807, 2.05) is 6.92 Å². The molecule has 1 aliphatic rings. The van der Waals surface area contributed by atoms with Gasteiger partial charge in [0.15, 0.2) is 11.7 Å². The molecule has 140 valence electrons. The van der Waals surface area contributed by atoms with E-state index in [1.54, 1.807) is 4.90 Å². The van der Waals surface area contributed by atoms with Gasteiger partial charge in [-0.05, 0) is 31.9 Å². The van der Waals surface area contributed by atoms with Crippen LogP contribution in [0.4, 0.5) is 8.78 Å². The molecule has 26 heavy (non-hydrogen) atoms. The normalized spacial score (nSPS) is 16.8. The van der Waals surface area contributed by atoms with E-state index in [1.165, 1.54) is 12.3 Å². The number of amides is 1. The molecule has 3 rings (SSSR count). The van der Waals surface area contributed by atoms with Crippen molar-refractivity contribution in [3.8, 4) is 11.3 Å². The molecular formula is C19H22F2N2O3. The van der Waals surface area contributed by atoms with E-state index in [9.17, 15) is 13.6 Å². The van der Waals surface area contributed by atoms with Crippen molar-refractivity contribution in [1.29, 1.82) is 0 Å². The van der Waals surface area contributed by atoms with Crippen molar-refractivity contribution in [2.24, 2.45) is 0 Å². The number of hydrogen-bond donors (Lipinski definition) is 0. The highest BCUT2D eigenvalue weighted by Gasteiger charge is 2.22. The van der Waals surface area contributed by atoms with Crippen molar-refractivity contribution >= 4 is 5.91 Å². The van der Waals surface area contributed by atoms with E-state index in [-0.39, 0.29) is 29.8 Å². The third kappa shape index (κ3) is 4.46. The van der Waals surface area contributed by atoms with Crippen molar-refractivity contribution < 1.29 is 22.7 Å². The van der Waals surface area contributed by atoms with Crippen LogP contribution in [0.25, 0.3) is 11.3 Å². The summed E-state index contributed by atoms with van der Waals surface area (Å²) in [5.41, 5.74) is 0.144. The Morgan fingerprint density at radius 3 is 2.92 bits per heavy atom. The summed E-state index contributed by atoms with van der Waals surface area (Å²) in [5, 5.41) is 0. The van der Waals surface area contributed by atoms with Gasteiger partial charge in [-0.25, -0.2) is 13.8 Å². The number of likely N-dealkylation sites (N-methyl/N-ethyl adjacent to an activating group) is 1. The van der Waals surface area contributed by atoms with E-state index in [4.69, 9.17) is 9.15 Å². The third-order valence-corrected chi connectivity index (χ3v) is 4.49. The maximum Gasteiger partial charge on any atom is 0.223 e. The number of carbonyl (C=O) groups excluding carboxylic acids is 1. The Bertz CT molecular complexity index is 757. The molecule has 0 spiro atoms. The van der Waals surface area contributed by atoms with Crippen molar-refractivity contribution in [2.45, 2.75) is 38.7 Å². The lowest BCUT2D eigenvalue weighted by Crippen LogP contribution is -2.37. The minimum atomic E-state index is -0.711. The Balaban J connectivity index is 1.57. The highest BCUT2D eigenvalue weighted by atomic mass is 19.1. The number of aryl methyl sites for hydroxylation is 1. The quantitative estimate of drug-likeness (QED) is 0.754. The van der Waals surface area contributed by atoms with Crippen LogP contribution in [0.15, 0.2) is 28.8 Å². The highest BCUT2D eigenvalue weighted by molar-refractivity contribution is 5.76. The zero-order chi connectivity index (χ0) is 18.5. The zero-order valence-corrected chi connectivity index (χ0v) is 14.7. The molecule has 1 fully saturated rings. The molecule has 7 heteroatoms. The van der Waals surface area contributed by atoms with Crippen LogP contribution in [0.5, 0.6) is 0 Å². The molecule has 0 N–H and O–H groups in total. The molecule has 1 aromatic carbocycles. The number of benzene rings is 1. The summed E-state index contributed by atoms with van der Waals surface area (Å²) in [5.74, 6) is -0.780. The molecule has 0 aliphatic carbocycles. The molecule has 5 nitrogen and oxygen atoms in total. The Morgan fingerprint density at radius 1 is 1.38 bits per heavy atom. The van der Waals surface area contributed by atoms with Crippen LogP contribution in [-0.2, 0) is 16.0 Å². The summed E-state index contributed by atoms with van der Waals surface area (Å²) < 4.78 is 37.9. The molecule has 2 heterocycles. The van der Waals surface area contributed by atoms with Gasteiger partial charge in [-0.1, -0.05) is 0 Å². The molecule has 0 saturated carbocycles. The van der Waals surface area contributed by atoms with Crippen molar-refractivity contribution in [3.63, 3.8) is 0 Å². The van der Waals surface area contributed by atoms with E-state index >= 15 is 0 Å². The average Bonchev–Trinajstić information content (AvgIpc) is 3.29. The average molecular weight is 364 g/mol. The largest absolute Gasteiger partial charge is 0.441 e. The lowest BCUT2D eigenvalue weighted by atomic mass is 10.2. The number of halogens is 2. The van der Waals surface area contributed by atoms with Gasteiger partial charge >= 0.3 is 0 Å². The van der Waals surface area contributed by atoms with Gasteiger partial charge in [0.25, 0.3) is 0 Å². The van der Waals surface area contributed by atoms with Gasteiger partial charge < -0.3 is 14.1 Å². The van der Waals surface area contributed by atoms with Crippen LogP contribution < -0.4 is 0 Å². The van der Waals surface area contributed by atoms with Crippen LogP contribution in [0, 0.1) is 11.6 Å². The molecule has 1 unspecified atom stereocenters. The molecule has 1 aromatic heterocycles. The molecule has 0 radical (unpaired) electrons. The second-order valence-corrected chi connectivity index (χ2v) is 6.31. The third-order valence-electron chi connectivity index (χ3n) is 4.49. The summed E-state index contributed by atoms with van der Waals surface area (Å²) in [4.78, 5) is 18.3. The molecule has 1 saturated heterocycles. The van der Waals surface area contributed by atoms with Crippen LogP contribution >= 0.6 is 0 Å². The van der Waals surface area contributed by atoms with Crippen molar-refractivity contribution in [3.05, 3.63) is 41.9 Å². The Hall–Kier alpha value is -2.28. The standard InChI is InChI=1S/C19H22F2N2O3/c1-2-23(12-14-4-3-9-25-14)19(24)8-7-18-22-11-17(26-18)15-6-5-13(20)10-16(15)21/h5-6,10-11,14H,2-4,7-9,12H2,1H3. The monoisotopic (exact) mass is 364 g/mol. The van der Waals surface area contributed by atoms with E-state index < -0.39 is 11.6 Å². The first-order valence-electron chi connectivity index (χ1n) is 8.86. The smallest absolute Gasteiger partial charge is 0.223 e. The predicted octanol–water partition coefficient (Wildman–Crippen LogP) is 3.58. The molecule has 2 aromatic rings. The summed E-state index contributed by atoms with van der Waals surface area (Å²) in [6.45, 7) is 3.92. The number of ether oxygens (including phenoxy) is 1. The Kier molecular flexibility index (Phi) is 5.98. The van der Waals surface area contributed by atoms with Gasteiger partial charge in [0.2, 0.25) is 5.91 Å². The lowest BCUT2D eigenvalue weighted by Gasteiger charge is -2.23. The zero-order valence-electron chi connectivity index (χ0n) is 14.7. The van der Waals surface area contributed by atoms with Gasteiger partial charge in [0, 0.05) is 38.6 Å². The summed E-state index contributed by atoms with van der Waals surface area (Å²) >= 11 is 0. The number of aromatic nitrogens is 1. The van der Waals surface area contributed by atoms with Crippen LogP contribution in [0.1, 0.15) is 32.1 Å². The minimum absolute atomic E-state index is 0.00992. The first-order chi connectivity index (χ1) is 12.6. The first-order valence-corrected chi connectivity index (χ1v) is 8.86.